The summed E-state index contributed by atoms with van der Waals surface area (Å²) in [4.78, 5) is 40.5. The molecule has 1 unspecified atom stereocenters. The fourth-order valence-corrected chi connectivity index (χ4v) is 5.56. The lowest BCUT2D eigenvalue weighted by Crippen LogP contribution is -2.42. The van der Waals surface area contributed by atoms with E-state index >= 15 is 0 Å². The lowest BCUT2D eigenvalue weighted by molar-refractivity contribution is -0.138. The minimum absolute atomic E-state index is 0.0457. The van der Waals surface area contributed by atoms with Crippen molar-refractivity contribution in [2.24, 2.45) is 5.73 Å². The molecule has 0 radical (unpaired) electrons. The summed E-state index contributed by atoms with van der Waals surface area (Å²) in [5, 5.41) is 0. The van der Waals surface area contributed by atoms with E-state index in [-0.39, 0.29) is 39.4 Å². The van der Waals surface area contributed by atoms with Crippen molar-refractivity contribution < 1.29 is 28.5 Å². The van der Waals surface area contributed by atoms with Crippen molar-refractivity contribution in [2.75, 3.05) is 27.4 Å². The van der Waals surface area contributed by atoms with Gasteiger partial charge in [0.05, 0.1) is 49.0 Å². The van der Waals surface area contributed by atoms with Crippen molar-refractivity contribution >= 4 is 40.7 Å². The quantitative estimate of drug-likeness (QED) is 0.434. The van der Waals surface area contributed by atoms with Crippen LogP contribution < -0.4 is 30.0 Å². The zero-order chi connectivity index (χ0) is 27.4. The number of methoxy groups -OCH3 is 2. The number of esters is 2. The Morgan fingerprint density at radius 3 is 2.13 bits per heavy atom. The molecule has 0 saturated carbocycles. The summed E-state index contributed by atoms with van der Waals surface area (Å²) in [7, 11) is 3.03. The molecule has 1 aliphatic rings. The highest BCUT2D eigenvalue weighted by atomic mass is 32.1. The molecule has 0 aliphatic carbocycles. The minimum Gasteiger partial charge on any atom is -0.496 e. The Bertz CT molecular complexity index is 1600. The number of ether oxygens (including phenoxy) is 4. The molecule has 0 fully saturated rings. The Hall–Kier alpha value is -4.31. The monoisotopic (exact) mass is 536 g/mol. The number of aromatic nitrogens is 1. The van der Waals surface area contributed by atoms with Gasteiger partial charge in [-0.1, -0.05) is 36.4 Å². The van der Waals surface area contributed by atoms with Crippen LogP contribution in [-0.2, 0) is 19.1 Å². The molecule has 2 heterocycles. The Morgan fingerprint density at radius 2 is 1.50 bits per heavy atom. The summed E-state index contributed by atoms with van der Waals surface area (Å²) in [5.74, 6) is -1.55. The maximum absolute atomic E-state index is 13.7. The first-order valence-electron chi connectivity index (χ1n) is 12.0. The summed E-state index contributed by atoms with van der Waals surface area (Å²) in [6, 6.07) is 14.2. The molecular weight excluding hydrogens is 508 g/mol. The average molecular weight is 537 g/mol. The molecule has 4 rings (SSSR count). The van der Waals surface area contributed by atoms with E-state index in [4.69, 9.17) is 24.7 Å². The Morgan fingerprint density at radius 1 is 0.921 bits per heavy atom. The maximum Gasteiger partial charge on any atom is 0.338 e. The molecule has 198 valence electrons. The van der Waals surface area contributed by atoms with Crippen LogP contribution in [0.2, 0.25) is 0 Å². The number of carbonyl (C=O) groups excluding carboxylic acids is 2. The van der Waals surface area contributed by atoms with Gasteiger partial charge in [0, 0.05) is 11.1 Å². The van der Waals surface area contributed by atoms with Gasteiger partial charge in [0.15, 0.2) is 0 Å². The van der Waals surface area contributed by atoms with Crippen molar-refractivity contribution in [3.05, 3.63) is 84.8 Å². The second-order valence-corrected chi connectivity index (χ2v) is 9.16. The van der Waals surface area contributed by atoms with Gasteiger partial charge in [-0.05, 0) is 32.1 Å². The fraction of sp³-hybridized carbons (Fsp3) is 0.250. The Labute approximate surface area is 223 Å². The number of fused-ring (bicyclic) bond motifs is 1. The van der Waals surface area contributed by atoms with Gasteiger partial charge in [-0.15, -0.1) is 11.3 Å². The van der Waals surface area contributed by atoms with Gasteiger partial charge in [-0.3, -0.25) is 9.36 Å². The van der Waals surface area contributed by atoms with Crippen LogP contribution in [0.15, 0.2) is 58.9 Å². The van der Waals surface area contributed by atoms with Crippen molar-refractivity contribution in [3.8, 4) is 11.5 Å². The second-order valence-electron chi connectivity index (χ2n) is 8.13. The Kier molecular flexibility index (Phi) is 8.02. The molecule has 0 spiro atoms. The van der Waals surface area contributed by atoms with Crippen LogP contribution in [0.4, 0.5) is 0 Å². The van der Waals surface area contributed by atoms with E-state index in [1.165, 1.54) is 18.8 Å². The van der Waals surface area contributed by atoms with E-state index in [1.54, 1.807) is 56.3 Å². The molecule has 0 bridgehead atoms. The van der Waals surface area contributed by atoms with E-state index < -0.39 is 23.4 Å². The maximum atomic E-state index is 13.7. The summed E-state index contributed by atoms with van der Waals surface area (Å²) in [5.41, 5.74) is 7.27. The molecule has 1 aromatic heterocycles. The van der Waals surface area contributed by atoms with E-state index in [0.29, 0.717) is 22.6 Å². The van der Waals surface area contributed by atoms with Crippen LogP contribution in [-0.4, -0.2) is 43.9 Å². The van der Waals surface area contributed by atoms with Gasteiger partial charge in [0.25, 0.3) is 5.56 Å². The summed E-state index contributed by atoms with van der Waals surface area (Å²) in [6.07, 6.45) is 1.66. The van der Waals surface area contributed by atoms with E-state index in [0.717, 1.165) is 11.3 Å². The number of hydrogen-bond acceptors (Lipinski definition) is 9. The molecule has 0 saturated heterocycles. The standard InChI is InChI=1S/C28H28N2O7S/c1-5-36-27(32)22-21(17-12-8-10-14-19(17)35-4)23(28(33)37-6-2)26-30(24(22)29)25(31)20(38-26)15-16-11-7-9-13-18(16)34-3/h7-15,21H,5-6,29H2,1-4H3/b20-15+. The molecule has 10 heteroatoms. The molecule has 2 aromatic carbocycles. The van der Waals surface area contributed by atoms with E-state index in [9.17, 15) is 14.4 Å². The van der Waals surface area contributed by atoms with E-state index in [2.05, 4.69) is 0 Å². The lowest BCUT2D eigenvalue weighted by Gasteiger charge is -2.28. The predicted octanol–water partition coefficient (Wildman–Crippen LogP) is 1.96. The number of rotatable bonds is 8. The number of para-hydroxylation sites is 2. The molecule has 1 atom stereocenters. The van der Waals surface area contributed by atoms with Gasteiger partial charge < -0.3 is 24.7 Å². The third-order valence-electron chi connectivity index (χ3n) is 6.01. The van der Waals surface area contributed by atoms with Gasteiger partial charge in [-0.2, -0.15) is 0 Å². The largest absolute Gasteiger partial charge is 0.496 e. The normalized spacial score (nSPS) is 15.2. The van der Waals surface area contributed by atoms with Gasteiger partial charge in [0.2, 0.25) is 0 Å². The molecule has 1 aliphatic heterocycles. The van der Waals surface area contributed by atoms with Crippen molar-refractivity contribution in [1.29, 1.82) is 0 Å². The number of hydrogen-bond donors (Lipinski definition) is 1. The second kappa shape index (κ2) is 11.4. The molecule has 9 nitrogen and oxygen atoms in total. The van der Waals surface area contributed by atoms with Crippen LogP contribution in [0.3, 0.4) is 0 Å². The fourth-order valence-electron chi connectivity index (χ4n) is 4.41. The van der Waals surface area contributed by atoms with Crippen molar-refractivity contribution in [2.45, 2.75) is 19.8 Å². The van der Waals surface area contributed by atoms with Gasteiger partial charge >= 0.3 is 11.9 Å². The van der Waals surface area contributed by atoms with Gasteiger partial charge in [-0.25, -0.2) is 9.59 Å². The predicted molar refractivity (Wildman–Crippen MR) is 144 cm³/mol. The van der Waals surface area contributed by atoms with Gasteiger partial charge in [0.1, 0.15) is 22.0 Å². The molecular formula is C28H28N2O7S. The van der Waals surface area contributed by atoms with Crippen LogP contribution in [0, 0.1) is 0 Å². The average Bonchev–Trinajstić information content (AvgIpc) is 3.24. The zero-order valence-corrected chi connectivity index (χ0v) is 22.3. The van der Waals surface area contributed by atoms with Crippen LogP contribution in [0.1, 0.15) is 30.9 Å². The first kappa shape index (κ1) is 26.7. The highest BCUT2D eigenvalue weighted by Gasteiger charge is 2.41. The molecule has 2 N–H and O–H groups in total. The molecule has 0 amide bonds. The van der Waals surface area contributed by atoms with Crippen molar-refractivity contribution in [1.82, 2.24) is 4.57 Å². The minimum atomic E-state index is -0.999. The SMILES string of the molecule is CCOC(=O)C1=C(N)n2c(s/c(=C/c3ccccc3OC)c2=O)=C(C(=O)OCC)C1c1ccccc1OC. The van der Waals surface area contributed by atoms with Crippen molar-refractivity contribution in [3.63, 3.8) is 0 Å². The lowest BCUT2D eigenvalue weighted by atomic mass is 9.82. The third kappa shape index (κ3) is 4.70. The van der Waals surface area contributed by atoms with E-state index in [1.807, 2.05) is 12.1 Å². The number of nitrogens with zero attached hydrogens (tertiary/aromatic N) is 1. The highest BCUT2D eigenvalue weighted by Crippen LogP contribution is 2.41. The van der Waals surface area contributed by atoms with Crippen LogP contribution in [0.25, 0.3) is 17.5 Å². The highest BCUT2D eigenvalue weighted by molar-refractivity contribution is 7.07. The van der Waals surface area contributed by atoms with Crippen LogP contribution >= 0.6 is 11.3 Å². The summed E-state index contributed by atoms with van der Waals surface area (Å²) >= 11 is 1.08. The number of benzene rings is 2. The third-order valence-corrected chi connectivity index (χ3v) is 7.12. The molecule has 3 aromatic rings. The first-order chi connectivity index (χ1) is 18.4. The molecule has 38 heavy (non-hydrogen) atoms. The topological polar surface area (TPSA) is 119 Å². The summed E-state index contributed by atoms with van der Waals surface area (Å²) < 4.78 is 23.5. The zero-order valence-electron chi connectivity index (χ0n) is 21.5. The van der Waals surface area contributed by atoms with Crippen LogP contribution in [0.5, 0.6) is 11.5 Å². The first-order valence-corrected chi connectivity index (χ1v) is 12.8. The smallest absolute Gasteiger partial charge is 0.338 e. The number of thiazole rings is 1. The number of carbonyl (C=O) groups is 2. The number of nitrogens with two attached hydrogens (primary N) is 1. The Balaban J connectivity index is 2.15. The summed E-state index contributed by atoms with van der Waals surface area (Å²) in [6.45, 7) is 3.50.